The highest BCUT2D eigenvalue weighted by Crippen LogP contribution is 2.22. The molecule has 0 unspecified atom stereocenters. The van der Waals surface area contributed by atoms with Gasteiger partial charge in [0.05, 0.1) is 15.2 Å². The number of hydrogen-bond acceptors (Lipinski definition) is 4. The Hall–Kier alpha value is -2.54. The Kier molecular flexibility index (Phi) is 4.24. The summed E-state index contributed by atoms with van der Waals surface area (Å²) in [4.78, 5) is 20.0. The lowest BCUT2D eigenvalue weighted by atomic mass is 10.3. The molecule has 112 valence electrons. The molecule has 0 atom stereocenters. The van der Waals surface area contributed by atoms with Gasteiger partial charge >= 0.3 is 6.03 Å². The van der Waals surface area contributed by atoms with Gasteiger partial charge in [0, 0.05) is 25.2 Å². The number of aromatic nitrogens is 2. The van der Waals surface area contributed by atoms with Gasteiger partial charge in [0.2, 0.25) is 0 Å². The minimum Gasteiger partial charge on any atom is -0.337 e. The van der Waals surface area contributed by atoms with Gasteiger partial charge in [-0.05, 0) is 24.3 Å². The predicted molar refractivity (Wildman–Crippen MR) is 84.5 cm³/mol. The molecule has 0 saturated carbocycles. The minimum atomic E-state index is -0.314. The van der Waals surface area contributed by atoms with Crippen molar-refractivity contribution in [1.82, 2.24) is 15.3 Å². The molecule has 2 amide bonds. The number of amides is 2. The van der Waals surface area contributed by atoms with Crippen molar-refractivity contribution in [3.05, 3.63) is 53.4 Å². The lowest BCUT2D eigenvalue weighted by molar-refractivity contribution is 0.252. The second-order valence-electron chi connectivity index (χ2n) is 4.57. The van der Waals surface area contributed by atoms with Crippen LogP contribution in [0.15, 0.2) is 42.6 Å². The molecule has 0 aliphatic rings. The quantitative estimate of drug-likeness (QED) is 0.777. The number of nitrogens with zero attached hydrogens (tertiary/aromatic N) is 2. The van der Waals surface area contributed by atoms with Gasteiger partial charge in [-0.3, -0.25) is 5.32 Å². The van der Waals surface area contributed by atoms with Crippen molar-refractivity contribution in [2.75, 3.05) is 11.9 Å². The molecule has 3 aromatic rings. The molecule has 0 aliphatic carbocycles. The first-order valence-electron chi connectivity index (χ1n) is 6.71. The number of pyridine rings is 1. The first kappa shape index (κ1) is 14.4. The molecule has 0 radical (unpaired) electrons. The van der Waals surface area contributed by atoms with Crippen LogP contribution in [0.5, 0.6) is 0 Å². The fraction of sp³-hybridized carbons (Fsp3) is 0.133. The second kappa shape index (κ2) is 6.48. The SMILES string of the molecule is O=C(NCCc1nc2cc(F)ccc2s1)Nc1ccccn1. The maximum absolute atomic E-state index is 13.1. The standard InChI is InChI=1S/C15H13FN4OS/c16-10-4-5-12-11(9-10)19-14(22-12)6-8-18-15(21)20-13-3-1-2-7-17-13/h1-5,7,9H,6,8H2,(H2,17,18,20,21). The number of nitrogens with one attached hydrogen (secondary N) is 2. The van der Waals surface area contributed by atoms with E-state index in [4.69, 9.17) is 0 Å². The lowest BCUT2D eigenvalue weighted by Gasteiger charge is -2.05. The van der Waals surface area contributed by atoms with Crippen molar-refractivity contribution in [1.29, 1.82) is 0 Å². The maximum Gasteiger partial charge on any atom is 0.320 e. The molecule has 1 aromatic carbocycles. The Balaban J connectivity index is 1.52. The Morgan fingerprint density at radius 1 is 1.27 bits per heavy atom. The smallest absolute Gasteiger partial charge is 0.320 e. The number of anilines is 1. The van der Waals surface area contributed by atoms with Gasteiger partial charge < -0.3 is 5.32 Å². The van der Waals surface area contributed by atoms with Gasteiger partial charge in [0.15, 0.2) is 0 Å². The molecule has 5 nitrogen and oxygen atoms in total. The minimum absolute atomic E-state index is 0.294. The number of thiazole rings is 1. The number of fused-ring (bicyclic) bond motifs is 1. The molecule has 0 aliphatic heterocycles. The van der Waals surface area contributed by atoms with E-state index in [1.54, 1.807) is 30.5 Å². The monoisotopic (exact) mass is 316 g/mol. The van der Waals surface area contributed by atoms with Crippen LogP contribution in [-0.2, 0) is 6.42 Å². The van der Waals surface area contributed by atoms with Gasteiger partial charge in [-0.2, -0.15) is 0 Å². The Bertz CT molecular complexity index is 791. The van der Waals surface area contributed by atoms with Crippen LogP contribution in [0.2, 0.25) is 0 Å². The highest BCUT2D eigenvalue weighted by Gasteiger charge is 2.06. The van der Waals surface area contributed by atoms with E-state index in [1.807, 2.05) is 0 Å². The number of halogens is 1. The molecule has 2 aromatic heterocycles. The first-order valence-corrected chi connectivity index (χ1v) is 7.53. The van der Waals surface area contributed by atoms with Crippen LogP contribution >= 0.6 is 11.3 Å². The highest BCUT2D eigenvalue weighted by atomic mass is 32.1. The van der Waals surface area contributed by atoms with Crippen LogP contribution < -0.4 is 10.6 Å². The molecule has 0 spiro atoms. The summed E-state index contributed by atoms with van der Waals surface area (Å²) in [5.74, 6) is 0.202. The number of benzene rings is 1. The zero-order chi connectivity index (χ0) is 15.4. The molecule has 0 saturated heterocycles. The predicted octanol–water partition coefficient (Wildman–Crippen LogP) is 3.19. The van der Waals surface area contributed by atoms with E-state index in [2.05, 4.69) is 20.6 Å². The summed E-state index contributed by atoms with van der Waals surface area (Å²) in [6, 6.07) is 9.52. The van der Waals surface area contributed by atoms with Crippen molar-refractivity contribution in [3.8, 4) is 0 Å². The van der Waals surface area contributed by atoms with Crippen LogP contribution in [0.1, 0.15) is 5.01 Å². The van der Waals surface area contributed by atoms with Gasteiger partial charge in [-0.1, -0.05) is 6.07 Å². The van der Waals surface area contributed by atoms with Gasteiger partial charge in [0.1, 0.15) is 11.6 Å². The van der Waals surface area contributed by atoms with E-state index < -0.39 is 0 Å². The lowest BCUT2D eigenvalue weighted by Crippen LogP contribution is -2.30. The van der Waals surface area contributed by atoms with E-state index in [0.29, 0.717) is 24.3 Å². The van der Waals surface area contributed by atoms with Crippen LogP contribution in [0.25, 0.3) is 10.2 Å². The van der Waals surface area contributed by atoms with Crippen molar-refractivity contribution in [2.45, 2.75) is 6.42 Å². The van der Waals surface area contributed by atoms with Crippen LogP contribution in [-0.4, -0.2) is 22.5 Å². The van der Waals surface area contributed by atoms with Crippen molar-refractivity contribution < 1.29 is 9.18 Å². The van der Waals surface area contributed by atoms with Crippen LogP contribution in [0.4, 0.5) is 15.0 Å². The number of urea groups is 1. The second-order valence-corrected chi connectivity index (χ2v) is 5.68. The molecule has 2 heterocycles. The highest BCUT2D eigenvalue weighted by molar-refractivity contribution is 7.18. The number of carbonyl (C=O) groups is 1. The first-order chi connectivity index (χ1) is 10.7. The molecular weight excluding hydrogens is 303 g/mol. The molecule has 0 fully saturated rings. The molecule has 3 rings (SSSR count). The van der Waals surface area contributed by atoms with Crippen molar-refractivity contribution in [3.63, 3.8) is 0 Å². The molecule has 7 heteroatoms. The third kappa shape index (κ3) is 3.56. The van der Waals surface area contributed by atoms with Crippen LogP contribution in [0, 0.1) is 5.82 Å². The molecular formula is C15H13FN4OS. The summed E-state index contributed by atoms with van der Waals surface area (Å²) in [5.41, 5.74) is 0.651. The largest absolute Gasteiger partial charge is 0.337 e. The van der Waals surface area contributed by atoms with E-state index >= 15 is 0 Å². The average molecular weight is 316 g/mol. The zero-order valence-corrected chi connectivity index (χ0v) is 12.4. The van der Waals surface area contributed by atoms with Crippen molar-refractivity contribution >= 4 is 33.4 Å². The van der Waals surface area contributed by atoms with E-state index in [0.717, 1.165) is 9.71 Å². The van der Waals surface area contributed by atoms with Crippen molar-refractivity contribution in [2.24, 2.45) is 0 Å². The van der Waals surface area contributed by atoms with E-state index in [1.165, 1.54) is 23.5 Å². The van der Waals surface area contributed by atoms with Gasteiger partial charge in [0.25, 0.3) is 0 Å². The summed E-state index contributed by atoms with van der Waals surface area (Å²) in [5, 5.41) is 6.23. The molecule has 2 N–H and O–H groups in total. The molecule has 0 bridgehead atoms. The van der Waals surface area contributed by atoms with Gasteiger partial charge in [-0.25, -0.2) is 19.2 Å². The summed E-state index contributed by atoms with van der Waals surface area (Å²) >= 11 is 1.50. The fourth-order valence-corrected chi connectivity index (χ4v) is 2.88. The Morgan fingerprint density at radius 3 is 3.00 bits per heavy atom. The summed E-state index contributed by atoms with van der Waals surface area (Å²) in [6.45, 7) is 0.445. The normalized spacial score (nSPS) is 10.6. The zero-order valence-electron chi connectivity index (χ0n) is 11.5. The summed E-state index contributed by atoms with van der Waals surface area (Å²) < 4.78 is 14.0. The maximum atomic E-state index is 13.1. The Morgan fingerprint density at radius 2 is 2.18 bits per heavy atom. The Labute approximate surface area is 130 Å². The number of hydrogen-bond donors (Lipinski definition) is 2. The topological polar surface area (TPSA) is 66.9 Å². The third-order valence-corrected chi connectivity index (χ3v) is 4.02. The fourth-order valence-electron chi connectivity index (χ4n) is 1.94. The third-order valence-electron chi connectivity index (χ3n) is 2.92. The number of carbonyl (C=O) groups excluding carboxylic acids is 1. The summed E-state index contributed by atoms with van der Waals surface area (Å²) in [6.07, 6.45) is 2.20. The number of rotatable bonds is 4. The van der Waals surface area contributed by atoms with E-state index in [-0.39, 0.29) is 11.8 Å². The summed E-state index contributed by atoms with van der Waals surface area (Å²) in [7, 11) is 0. The molecule has 22 heavy (non-hydrogen) atoms. The van der Waals surface area contributed by atoms with Crippen LogP contribution in [0.3, 0.4) is 0 Å². The van der Waals surface area contributed by atoms with Gasteiger partial charge in [-0.15, -0.1) is 11.3 Å². The van der Waals surface area contributed by atoms with E-state index in [9.17, 15) is 9.18 Å². The average Bonchev–Trinajstić information content (AvgIpc) is 2.90.